The molecule has 148 valence electrons. The second kappa shape index (κ2) is 10.6. The lowest BCUT2D eigenvalue weighted by Gasteiger charge is -2.28. The summed E-state index contributed by atoms with van der Waals surface area (Å²) in [5, 5.41) is 8.78. The third kappa shape index (κ3) is 6.33. The highest BCUT2D eigenvalue weighted by Crippen LogP contribution is 2.33. The van der Waals surface area contributed by atoms with Crippen LogP contribution in [-0.4, -0.2) is 0 Å². The van der Waals surface area contributed by atoms with Crippen molar-refractivity contribution in [3.63, 3.8) is 0 Å². The molecule has 1 fully saturated rings. The first-order valence-electron chi connectivity index (χ1n) is 10.6. The SMILES string of the molecule is C=CCC[C@H]1CC[C@H](CCc2ccc(C#Cc3ccc(C#N)c(F)c3)cc2)CC1. The maximum Gasteiger partial charge on any atom is 0.142 e. The van der Waals surface area contributed by atoms with Gasteiger partial charge in [0.1, 0.15) is 11.9 Å². The van der Waals surface area contributed by atoms with Crippen molar-refractivity contribution < 1.29 is 4.39 Å². The average Bonchev–Trinajstić information content (AvgIpc) is 2.76. The molecule has 0 aliphatic heterocycles. The van der Waals surface area contributed by atoms with Gasteiger partial charge in [0.05, 0.1) is 5.56 Å². The van der Waals surface area contributed by atoms with E-state index in [-0.39, 0.29) is 5.56 Å². The highest BCUT2D eigenvalue weighted by molar-refractivity contribution is 5.45. The van der Waals surface area contributed by atoms with E-state index in [1.807, 2.05) is 24.3 Å². The number of hydrogen-bond acceptors (Lipinski definition) is 1. The quantitative estimate of drug-likeness (QED) is 0.396. The molecule has 0 bridgehead atoms. The fourth-order valence-electron chi connectivity index (χ4n) is 4.12. The summed E-state index contributed by atoms with van der Waals surface area (Å²) in [6, 6.07) is 14.7. The topological polar surface area (TPSA) is 23.8 Å². The van der Waals surface area contributed by atoms with Crippen LogP contribution in [0.2, 0.25) is 0 Å². The largest absolute Gasteiger partial charge is 0.206 e. The first-order chi connectivity index (χ1) is 14.2. The van der Waals surface area contributed by atoms with E-state index in [1.165, 1.54) is 56.2 Å². The molecule has 0 aromatic heterocycles. The predicted molar refractivity (Wildman–Crippen MR) is 117 cm³/mol. The normalized spacial score (nSPS) is 18.3. The molecule has 3 rings (SSSR count). The molecule has 1 nitrogen and oxygen atoms in total. The Morgan fingerprint density at radius 1 is 0.931 bits per heavy atom. The fraction of sp³-hybridized carbons (Fsp3) is 0.370. The lowest BCUT2D eigenvalue weighted by Crippen LogP contribution is -2.15. The molecule has 2 aromatic carbocycles. The number of halogens is 1. The molecule has 0 unspecified atom stereocenters. The number of hydrogen-bond donors (Lipinski definition) is 0. The minimum absolute atomic E-state index is 0.0464. The van der Waals surface area contributed by atoms with Gasteiger partial charge in [-0.1, -0.05) is 55.7 Å². The Kier molecular flexibility index (Phi) is 7.66. The molecule has 1 aliphatic carbocycles. The minimum atomic E-state index is -0.524. The summed E-state index contributed by atoms with van der Waals surface area (Å²) in [5.41, 5.74) is 2.90. The van der Waals surface area contributed by atoms with Crippen molar-refractivity contribution in [1.29, 1.82) is 5.26 Å². The molecule has 0 N–H and O–H groups in total. The van der Waals surface area contributed by atoms with Crippen LogP contribution in [0.4, 0.5) is 4.39 Å². The lowest BCUT2D eigenvalue weighted by molar-refractivity contribution is 0.254. The summed E-state index contributed by atoms with van der Waals surface area (Å²) >= 11 is 0. The zero-order valence-corrected chi connectivity index (χ0v) is 17.0. The molecule has 0 atom stereocenters. The maximum atomic E-state index is 13.6. The number of rotatable bonds is 6. The minimum Gasteiger partial charge on any atom is -0.206 e. The van der Waals surface area contributed by atoms with Crippen LogP contribution in [0.5, 0.6) is 0 Å². The molecule has 29 heavy (non-hydrogen) atoms. The molecular formula is C27H28FN. The molecular weight excluding hydrogens is 357 g/mol. The molecule has 0 amide bonds. The highest BCUT2D eigenvalue weighted by atomic mass is 19.1. The van der Waals surface area contributed by atoms with Crippen LogP contribution >= 0.6 is 0 Å². The Bertz CT molecular complexity index is 916. The summed E-state index contributed by atoms with van der Waals surface area (Å²) in [6.45, 7) is 3.83. The van der Waals surface area contributed by atoms with Crippen molar-refractivity contribution in [3.05, 3.63) is 83.2 Å². The predicted octanol–water partition coefficient (Wildman–Crippen LogP) is 6.80. The van der Waals surface area contributed by atoms with Gasteiger partial charge in [-0.15, -0.1) is 6.58 Å². The second-order valence-electron chi connectivity index (χ2n) is 8.04. The third-order valence-electron chi connectivity index (χ3n) is 5.98. The van der Waals surface area contributed by atoms with Crippen molar-refractivity contribution in [2.75, 3.05) is 0 Å². The van der Waals surface area contributed by atoms with E-state index in [0.29, 0.717) is 5.56 Å². The van der Waals surface area contributed by atoms with E-state index in [2.05, 4.69) is 30.6 Å². The fourth-order valence-corrected chi connectivity index (χ4v) is 4.12. The van der Waals surface area contributed by atoms with Gasteiger partial charge in [-0.3, -0.25) is 0 Å². The molecule has 2 heteroatoms. The van der Waals surface area contributed by atoms with Crippen molar-refractivity contribution in [2.45, 2.75) is 51.4 Å². The van der Waals surface area contributed by atoms with Crippen LogP contribution < -0.4 is 0 Å². The van der Waals surface area contributed by atoms with Gasteiger partial charge >= 0.3 is 0 Å². The van der Waals surface area contributed by atoms with E-state index < -0.39 is 5.82 Å². The maximum absolute atomic E-state index is 13.6. The van der Waals surface area contributed by atoms with Gasteiger partial charge in [0.2, 0.25) is 0 Å². The van der Waals surface area contributed by atoms with Crippen LogP contribution in [0, 0.1) is 40.8 Å². The Morgan fingerprint density at radius 3 is 2.17 bits per heavy atom. The van der Waals surface area contributed by atoms with E-state index in [1.54, 1.807) is 6.07 Å². The monoisotopic (exact) mass is 385 g/mol. The zero-order valence-electron chi connectivity index (χ0n) is 17.0. The molecule has 0 saturated heterocycles. The van der Waals surface area contributed by atoms with Crippen LogP contribution in [0.1, 0.15) is 67.2 Å². The van der Waals surface area contributed by atoms with Gasteiger partial charge in [0, 0.05) is 11.1 Å². The number of nitrogens with zero attached hydrogens (tertiary/aromatic N) is 1. The Balaban J connectivity index is 1.48. The molecule has 0 radical (unpaired) electrons. The van der Waals surface area contributed by atoms with E-state index in [4.69, 9.17) is 5.26 Å². The van der Waals surface area contributed by atoms with Crippen LogP contribution in [0.3, 0.4) is 0 Å². The molecule has 0 heterocycles. The standard InChI is InChI=1S/C27H28FN/c1-2-3-4-21-5-7-22(8-6-21)9-10-23-11-13-24(14-12-23)15-16-25-17-18-26(20-29)27(28)19-25/h2,11-14,17-19,21-22H,1,3-10H2/t21-,22-. The number of benzene rings is 2. The van der Waals surface area contributed by atoms with Gasteiger partial charge in [-0.2, -0.15) is 5.26 Å². The van der Waals surface area contributed by atoms with Crippen LogP contribution in [-0.2, 0) is 6.42 Å². The van der Waals surface area contributed by atoms with Gasteiger partial charge in [0.25, 0.3) is 0 Å². The Morgan fingerprint density at radius 2 is 1.55 bits per heavy atom. The summed E-state index contributed by atoms with van der Waals surface area (Å²) in [4.78, 5) is 0. The second-order valence-corrected chi connectivity index (χ2v) is 8.04. The summed E-state index contributed by atoms with van der Waals surface area (Å²) < 4.78 is 13.6. The first kappa shape index (κ1) is 20.9. The summed E-state index contributed by atoms with van der Waals surface area (Å²) in [7, 11) is 0. The van der Waals surface area contributed by atoms with Crippen LogP contribution in [0.25, 0.3) is 0 Å². The smallest absolute Gasteiger partial charge is 0.142 e. The Hall–Kier alpha value is -2.84. The van der Waals surface area contributed by atoms with E-state index >= 15 is 0 Å². The molecule has 2 aromatic rings. The van der Waals surface area contributed by atoms with E-state index in [0.717, 1.165) is 30.2 Å². The first-order valence-corrected chi connectivity index (χ1v) is 10.6. The Labute approximate surface area is 174 Å². The average molecular weight is 386 g/mol. The highest BCUT2D eigenvalue weighted by Gasteiger charge is 2.20. The van der Waals surface area contributed by atoms with Gasteiger partial charge in [0.15, 0.2) is 0 Å². The van der Waals surface area contributed by atoms with Crippen LogP contribution in [0.15, 0.2) is 55.1 Å². The van der Waals surface area contributed by atoms with Crippen molar-refractivity contribution in [1.82, 2.24) is 0 Å². The molecule has 1 saturated carbocycles. The van der Waals surface area contributed by atoms with Crippen molar-refractivity contribution >= 4 is 0 Å². The number of aryl methyl sites for hydroxylation is 1. The number of nitriles is 1. The molecule has 0 spiro atoms. The zero-order chi connectivity index (χ0) is 20.5. The number of allylic oxidation sites excluding steroid dienone is 1. The van der Waals surface area contributed by atoms with Gasteiger partial charge < -0.3 is 0 Å². The van der Waals surface area contributed by atoms with Crippen molar-refractivity contribution in [3.8, 4) is 17.9 Å². The summed E-state index contributed by atoms with van der Waals surface area (Å²) in [6.07, 6.45) is 12.4. The van der Waals surface area contributed by atoms with Crippen molar-refractivity contribution in [2.24, 2.45) is 11.8 Å². The summed E-state index contributed by atoms with van der Waals surface area (Å²) in [5.74, 6) is 7.29. The van der Waals surface area contributed by atoms with E-state index in [9.17, 15) is 4.39 Å². The van der Waals surface area contributed by atoms with Gasteiger partial charge in [-0.05, 0) is 73.4 Å². The lowest BCUT2D eigenvalue weighted by atomic mass is 9.78. The molecule has 1 aliphatic rings. The van der Waals surface area contributed by atoms with Gasteiger partial charge in [-0.25, -0.2) is 4.39 Å². The third-order valence-corrected chi connectivity index (χ3v) is 5.98.